The smallest absolute Gasteiger partial charge is 0.308 e. The molecule has 2 aliphatic carbocycles. The van der Waals surface area contributed by atoms with E-state index in [-0.39, 0.29) is 59.5 Å². The second-order valence-electron chi connectivity index (χ2n) is 12.7. The van der Waals surface area contributed by atoms with Crippen molar-refractivity contribution >= 4 is 26.0 Å². The molecule has 1 fully saturated rings. The van der Waals surface area contributed by atoms with E-state index in [1.807, 2.05) is 19.9 Å². The number of fused-ring (bicyclic) bond motifs is 1. The van der Waals surface area contributed by atoms with Crippen LogP contribution in [-0.4, -0.2) is 45.4 Å². The van der Waals surface area contributed by atoms with Crippen LogP contribution >= 0.6 is 0 Å². The van der Waals surface area contributed by atoms with Gasteiger partial charge in [0.05, 0.1) is 25.6 Å². The molecule has 0 radical (unpaired) electrons. The Morgan fingerprint density at radius 3 is 2.41 bits per heavy atom. The van der Waals surface area contributed by atoms with Crippen LogP contribution in [0.4, 0.5) is 0 Å². The van der Waals surface area contributed by atoms with E-state index in [0.29, 0.717) is 11.8 Å². The molecular formula is C30H50O6Si. The third-order valence-corrected chi connectivity index (χ3v) is 13.2. The summed E-state index contributed by atoms with van der Waals surface area (Å²) in [7, 11) is -0.821. The largest absolute Gasteiger partial charge is 0.469 e. The number of carbonyl (C=O) groups excluding carboxylic acids is 3. The van der Waals surface area contributed by atoms with E-state index < -0.39 is 14.4 Å². The molecule has 0 aromatic heterocycles. The van der Waals surface area contributed by atoms with Crippen LogP contribution in [-0.2, 0) is 28.3 Å². The summed E-state index contributed by atoms with van der Waals surface area (Å²) < 4.78 is 17.4. The number of ketones is 1. The van der Waals surface area contributed by atoms with Gasteiger partial charge in [0.25, 0.3) is 0 Å². The van der Waals surface area contributed by atoms with E-state index in [9.17, 15) is 14.4 Å². The maximum atomic E-state index is 13.1. The number of methoxy groups -OCH3 is 1. The molecule has 0 aromatic rings. The zero-order valence-electron chi connectivity index (χ0n) is 24.5. The van der Waals surface area contributed by atoms with Crippen molar-refractivity contribution < 1.29 is 28.3 Å². The average Bonchev–Trinajstić information content (AvgIpc) is 2.80. The molecule has 210 valence electrons. The lowest BCUT2D eigenvalue weighted by Crippen LogP contribution is -2.45. The molecule has 2 aliphatic rings. The van der Waals surface area contributed by atoms with Gasteiger partial charge in [0, 0.05) is 12.3 Å². The normalized spacial score (nSPS) is 27.9. The predicted molar refractivity (Wildman–Crippen MR) is 149 cm³/mol. The molecule has 0 unspecified atom stereocenters. The van der Waals surface area contributed by atoms with Crippen molar-refractivity contribution in [3.05, 3.63) is 24.3 Å². The zero-order valence-corrected chi connectivity index (χ0v) is 25.5. The van der Waals surface area contributed by atoms with Crippen molar-refractivity contribution in [3.63, 3.8) is 0 Å². The molecule has 0 N–H and O–H groups in total. The topological polar surface area (TPSA) is 78.9 Å². The zero-order chi connectivity index (χ0) is 28.0. The fourth-order valence-electron chi connectivity index (χ4n) is 5.22. The summed E-state index contributed by atoms with van der Waals surface area (Å²) in [5.41, 5.74) is 0. The van der Waals surface area contributed by atoms with Crippen molar-refractivity contribution in [2.75, 3.05) is 7.11 Å². The monoisotopic (exact) mass is 534 g/mol. The standard InChI is InChI=1S/C30H50O6Si/c1-10-21(3)29(33)35-26-17-20(2)16-23-13-11-12-22(28(23)26)14-15-24(31)18-25(19-27(32)34-7)36-37(8,9)30(4,5)6/h11,13-15,20-23,25-26,28H,10,12,16-19H2,1-9H3/b15-14+/t20-,21-,22+,23-,25+,26-,28+/m0/s1. The van der Waals surface area contributed by atoms with Crippen LogP contribution in [0.15, 0.2) is 24.3 Å². The van der Waals surface area contributed by atoms with Gasteiger partial charge >= 0.3 is 11.9 Å². The lowest BCUT2D eigenvalue weighted by Gasteiger charge is -2.44. The number of allylic oxidation sites excluding steroid dienone is 4. The molecule has 6 nitrogen and oxygen atoms in total. The van der Waals surface area contributed by atoms with E-state index >= 15 is 0 Å². The summed E-state index contributed by atoms with van der Waals surface area (Å²) >= 11 is 0. The molecule has 1 saturated carbocycles. The minimum absolute atomic E-state index is 0.0382. The quantitative estimate of drug-likeness (QED) is 0.128. The molecule has 2 rings (SSSR count). The van der Waals surface area contributed by atoms with Crippen LogP contribution in [0, 0.1) is 29.6 Å². The SMILES string of the molecule is CC[C@H](C)C(=O)O[C@H]1C[C@@H](C)C[C@@H]2C=CC[C@H](/C=C/C(=O)C[C@H](CC(=O)OC)O[Si](C)(C)C(C)(C)C)[C@@H]12. The first kappa shape index (κ1) is 31.5. The van der Waals surface area contributed by atoms with E-state index in [0.717, 1.165) is 25.7 Å². The molecule has 0 aromatic carbocycles. The molecule has 7 heteroatoms. The summed E-state index contributed by atoms with van der Waals surface area (Å²) in [6, 6.07) is 0. The summed E-state index contributed by atoms with van der Waals surface area (Å²) in [4.78, 5) is 37.8. The highest BCUT2D eigenvalue weighted by Crippen LogP contribution is 2.45. The summed E-state index contributed by atoms with van der Waals surface area (Å²) in [5, 5.41) is -0.0382. The first-order valence-corrected chi connectivity index (χ1v) is 16.9. The minimum Gasteiger partial charge on any atom is -0.469 e. The molecule has 0 heterocycles. The van der Waals surface area contributed by atoms with Gasteiger partial charge in [-0.1, -0.05) is 59.8 Å². The van der Waals surface area contributed by atoms with Gasteiger partial charge < -0.3 is 13.9 Å². The fraction of sp³-hybridized carbons (Fsp3) is 0.767. The van der Waals surface area contributed by atoms with E-state index in [4.69, 9.17) is 13.9 Å². The van der Waals surface area contributed by atoms with Crippen molar-refractivity contribution in [1.29, 1.82) is 0 Å². The van der Waals surface area contributed by atoms with Crippen molar-refractivity contribution in [1.82, 2.24) is 0 Å². The Kier molecular flexibility index (Phi) is 11.4. The maximum Gasteiger partial charge on any atom is 0.308 e. The molecule has 0 saturated heterocycles. The Morgan fingerprint density at radius 1 is 1.14 bits per heavy atom. The first-order valence-electron chi connectivity index (χ1n) is 14.0. The van der Waals surface area contributed by atoms with Crippen LogP contribution in [0.1, 0.15) is 80.1 Å². The van der Waals surface area contributed by atoms with Gasteiger partial charge in [-0.25, -0.2) is 0 Å². The van der Waals surface area contributed by atoms with Crippen LogP contribution in [0.25, 0.3) is 0 Å². The van der Waals surface area contributed by atoms with Crippen LogP contribution in [0.5, 0.6) is 0 Å². The highest BCUT2D eigenvalue weighted by atomic mass is 28.4. The lowest BCUT2D eigenvalue weighted by atomic mass is 9.64. The second-order valence-corrected chi connectivity index (χ2v) is 17.5. The number of carbonyl (C=O) groups is 3. The van der Waals surface area contributed by atoms with Gasteiger partial charge in [-0.15, -0.1) is 0 Å². The van der Waals surface area contributed by atoms with Crippen LogP contribution in [0.2, 0.25) is 18.1 Å². The van der Waals surface area contributed by atoms with Crippen molar-refractivity contribution in [3.8, 4) is 0 Å². The molecule has 0 spiro atoms. The molecule has 0 amide bonds. The molecule has 0 aliphatic heterocycles. The van der Waals surface area contributed by atoms with Crippen molar-refractivity contribution in [2.45, 2.75) is 110 Å². The Balaban J connectivity index is 2.16. The molecule has 37 heavy (non-hydrogen) atoms. The van der Waals surface area contributed by atoms with Gasteiger partial charge in [0.2, 0.25) is 0 Å². The first-order chi connectivity index (χ1) is 17.2. The van der Waals surface area contributed by atoms with Gasteiger partial charge in [0.15, 0.2) is 14.1 Å². The molecule has 0 bridgehead atoms. The average molecular weight is 535 g/mol. The Morgan fingerprint density at radius 2 is 1.81 bits per heavy atom. The van der Waals surface area contributed by atoms with Crippen LogP contribution in [0.3, 0.4) is 0 Å². The second kappa shape index (κ2) is 13.4. The Hall–Kier alpha value is -1.73. The molecule has 7 atom stereocenters. The Labute approximate surface area is 225 Å². The third kappa shape index (κ3) is 8.91. The van der Waals surface area contributed by atoms with Gasteiger partial charge in [0.1, 0.15) is 6.10 Å². The minimum atomic E-state index is -2.18. The number of hydrogen-bond acceptors (Lipinski definition) is 6. The fourth-order valence-corrected chi connectivity index (χ4v) is 6.58. The van der Waals surface area contributed by atoms with Crippen LogP contribution < -0.4 is 0 Å². The molecular weight excluding hydrogens is 484 g/mol. The third-order valence-electron chi connectivity index (χ3n) is 8.65. The van der Waals surface area contributed by atoms with E-state index in [1.54, 1.807) is 6.08 Å². The number of hydrogen-bond donors (Lipinski definition) is 0. The summed E-state index contributed by atoms with van der Waals surface area (Å²) in [6.07, 6.45) is 11.2. The Bertz CT molecular complexity index is 855. The van der Waals surface area contributed by atoms with E-state index in [2.05, 4.69) is 52.9 Å². The predicted octanol–water partition coefficient (Wildman–Crippen LogP) is 6.65. The van der Waals surface area contributed by atoms with E-state index in [1.165, 1.54) is 7.11 Å². The summed E-state index contributed by atoms with van der Waals surface area (Å²) in [6.45, 7) is 16.8. The summed E-state index contributed by atoms with van der Waals surface area (Å²) in [5.74, 6) is 0.455. The van der Waals surface area contributed by atoms with Crippen molar-refractivity contribution in [2.24, 2.45) is 29.6 Å². The van der Waals surface area contributed by atoms with Gasteiger partial charge in [-0.3, -0.25) is 14.4 Å². The number of rotatable bonds is 11. The van der Waals surface area contributed by atoms with Gasteiger partial charge in [-0.2, -0.15) is 0 Å². The number of ether oxygens (including phenoxy) is 2. The van der Waals surface area contributed by atoms with Gasteiger partial charge in [-0.05, 0) is 67.6 Å². The maximum absolute atomic E-state index is 13.1. The lowest BCUT2D eigenvalue weighted by molar-refractivity contribution is -0.162. The highest BCUT2D eigenvalue weighted by molar-refractivity contribution is 6.74. The highest BCUT2D eigenvalue weighted by Gasteiger charge is 2.43. The number of esters is 2.